The number of ether oxygens (including phenoxy) is 2. The number of esters is 1. The van der Waals surface area contributed by atoms with Gasteiger partial charge in [0, 0.05) is 51.0 Å². The second-order valence-corrected chi connectivity index (χ2v) is 9.73. The number of rotatable bonds is 7. The first-order chi connectivity index (χ1) is 18.0. The molecule has 1 aromatic carbocycles. The number of hydrogen-bond acceptors (Lipinski definition) is 10. The van der Waals surface area contributed by atoms with Crippen molar-refractivity contribution in [2.45, 2.75) is 6.54 Å². The molecule has 1 spiro atoms. The number of likely N-dealkylation sites (tertiary alicyclic amines) is 1. The van der Waals surface area contributed by atoms with Crippen molar-refractivity contribution in [3.63, 3.8) is 0 Å². The molecule has 2 fully saturated rings. The second kappa shape index (κ2) is 9.09. The number of pyridine rings is 1. The van der Waals surface area contributed by atoms with Crippen LogP contribution in [0.4, 0.5) is 17.3 Å². The van der Waals surface area contributed by atoms with E-state index in [-0.39, 0.29) is 5.69 Å². The van der Waals surface area contributed by atoms with E-state index in [1.807, 2.05) is 23.7 Å². The van der Waals surface area contributed by atoms with Gasteiger partial charge in [0.1, 0.15) is 11.2 Å². The van der Waals surface area contributed by atoms with Crippen molar-refractivity contribution in [1.29, 1.82) is 0 Å². The van der Waals surface area contributed by atoms with E-state index in [9.17, 15) is 4.79 Å². The summed E-state index contributed by atoms with van der Waals surface area (Å²) in [4.78, 5) is 33.4. The monoisotopic (exact) mass is 500 g/mol. The molecule has 0 unspecified atom stereocenters. The number of aromatic nitrogens is 5. The summed E-state index contributed by atoms with van der Waals surface area (Å²) >= 11 is 0. The minimum absolute atomic E-state index is 0.0714. The first-order valence-electron chi connectivity index (χ1n) is 12.1. The molecule has 190 valence electrons. The Morgan fingerprint density at radius 3 is 2.59 bits per heavy atom. The zero-order chi connectivity index (χ0) is 25.6. The highest BCUT2D eigenvalue weighted by atomic mass is 16.5. The summed E-state index contributed by atoms with van der Waals surface area (Å²) in [6.45, 7) is 4.85. The first kappa shape index (κ1) is 23.3. The lowest BCUT2D eigenvalue weighted by Crippen LogP contribution is -2.65. The standard InChI is InChI=1S/C26H28N8O3/c1-27-23-21(18-8-28-9-19-20(18)29-15-33(19)2)31-22(25(35)36-3)24(32-23)30-17-6-4-16(5-7-17)10-34-11-26(12-34)13-37-14-26/h4-9,15H,10-14H2,1-3H3,(H2,27,30,32). The summed E-state index contributed by atoms with van der Waals surface area (Å²) in [5, 5.41) is 6.34. The molecule has 11 heteroatoms. The third-order valence-corrected chi connectivity index (χ3v) is 6.96. The molecule has 2 N–H and O–H groups in total. The molecule has 0 radical (unpaired) electrons. The Kier molecular flexibility index (Phi) is 5.73. The van der Waals surface area contributed by atoms with E-state index in [1.165, 1.54) is 12.7 Å². The van der Waals surface area contributed by atoms with Gasteiger partial charge in [-0.25, -0.2) is 19.7 Å². The van der Waals surface area contributed by atoms with Gasteiger partial charge in [-0.1, -0.05) is 12.1 Å². The zero-order valence-electron chi connectivity index (χ0n) is 21.0. The molecule has 0 bridgehead atoms. The predicted molar refractivity (Wildman–Crippen MR) is 139 cm³/mol. The maximum atomic E-state index is 12.7. The fourth-order valence-electron chi connectivity index (χ4n) is 5.02. The highest BCUT2D eigenvalue weighted by Gasteiger charge is 2.48. The van der Waals surface area contributed by atoms with Crippen LogP contribution < -0.4 is 10.6 Å². The topological polar surface area (TPSA) is 119 Å². The maximum absolute atomic E-state index is 12.7. The van der Waals surface area contributed by atoms with Crippen LogP contribution in [0.3, 0.4) is 0 Å². The Balaban J connectivity index is 1.28. The van der Waals surface area contributed by atoms with Crippen LogP contribution in [0.5, 0.6) is 0 Å². The van der Waals surface area contributed by atoms with Crippen molar-refractivity contribution in [3.8, 4) is 11.3 Å². The number of nitrogens with one attached hydrogen (secondary N) is 2. The number of benzene rings is 1. The number of hydrogen-bond donors (Lipinski definition) is 2. The van der Waals surface area contributed by atoms with E-state index in [0.717, 1.165) is 44.1 Å². The number of anilines is 3. The average molecular weight is 501 g/mol. The van der Waals surface area contributed by atoms with Crippen LogP contribution in [0.1, 0.15) is 16.1 Å². The molecular weight excluding hydrogens is 472 g/mol. The molecule has 0 saturated carbocycles. The van der Waals surface area contributed by atoms with E-state index in [4.69, 9.17) is 14.5 Å². The number of carbonyl (C=O) groups is 1. The normalized spacial score (nSPS) is 16.3. The second-order valence-electron chi connectivity index (χ2n) is 9.73. The van der Waals surface area contributed by atoms with Gasteiger partial charge in [-0.05, 0) is 17.7 Å². The molecule has 2 saturated heterocycles. The fraction of sp³-hybridized carbons (Fsp3) is 0.346. The Bertz CT molecular complexity index is 1470. The van der Waals surface area contributed by atoms with E-state index in [2.05, 4.69) is 42.6 Å². The molecule has 3 aromatic heterocycles. The van der Waals surface area contributed by atoms with Crippen molar-refractivity contribution in [2.75, 3.05) is 51.1 Å². The lowest BCUT2D eigenvalue weighted by molar-refractivity contribution is -0.191. The molecule has 11 nitrogen and oxygen atoms in total. The molecule has 2 aliphatic heterocycles. The Hall–Kier alpha value is -4.09. The summed E-state index contributed by atoms with van der Waals surface area (Å²) in [5.74, 6) is 0.185. The van der Waals surface area contributed by atoms with Gasteiger partial charge in [0.05, 0.1) is 43.9 Å². The van der Waals surface area contributed by atoms with Gasteiger partial charge >= 0.3 is 5.97 Å². The van der Waals surface area contributed by atoms with Crippen molar-refractivity contribution < 1.29 is 14.3 Å². The molecule has 0 aliphatic carbocycles. The van der Waals surface area contributed by atoms with Crippen LogP contribution >= 0.6 is 0 Å². The molecule has 0 amide bonds. The summed E-state index contributed by atoms with van der Waals surface area (Å²) in [6, 6.07) is 8.12. The summed E-state index contributed by atoms with van der Waals surface area (Å²) in [7, 11) is 4.98. The Labute approximate surface area is 213 Å². The van der Waals surface area contributed by atoms with Crippen LogP contribution in [-0.4, -0.2) is 75.8 Å². The molecule has 5 heterocycles. The van der Waals surface area contributed by atoms with Gasteiger partial charge in [0.25, 0.3) is 0 Å². The lowest BCUT2D eigenvalue weighted by Gasteiger charge is -2.55. The van der Waals surface area contributed by atoms with Gasteiger partial charge in [-0.2, -0.15) is 0 Å². The number of imidazole rings is 1. The molecule has 2 aliphatic rings. The quantitative estimate of drug-likeness (QED) is 0.367. The number of carbonyl (C=O) groups excluding carboxylic acids is 1. The summed E-state index contributed by atoms with van der Waals surface area (Å²) < 4.78 is 12.3. The highest BCUT2D eigenvalue weighted by Crippen LogP contribution is 2.38. The summed E-state index contributed by atoms with van der Waals surface area (Å²) in [6.07, 6.45) is 5.12. The number of methoxy groups -OCH3 is 1. The van der Waals surface area contributed by atoms with Crippen LogP contribution in [0.25, 0.3) is 22.3 Å². The van der Waals surface area contributed by atoms with E-state index in [0.29, 0.717) is 33.8 Å². The third-order valence-electron chi connectivity index (χ3n) is 6.96. The lowest BCUT2D eigenvalue weighted by atomic mass is 9.78. The molecule has 37 heavy (non-hydrogen) atoms. The predicted octanol–water partition coefficient (Wildman–Crippen LogP) is 2.83. The van der Waals surface area contributed by atoms with E-state index in [1.54, 1.807) is 25.8 Å². The third kappa shape index (κ3) is 4.15. The van der Waals surface area contributed by atoms with Gasteiger partial charge < -0.3 is 24.7 Å². The largest absolute Gasteiger partial charge is 0.464 e. The van der Waals surface area contributed by atoms with Crippen molar-refractivity contribution >= 4 is 34.3 Å². The molecular formula is C26H28N8O3. The minimum atomic E-state index is -0.594. The highest BCUT2D eigenvalue weighted by molar-refractivity contribution is 5.98. The van der Waals surface area contributed by atoms with Crippen LogP contribution in [0.2, 0.25) is 0 Å². The van der Waals surface area contributed by atoms with Crippen molar-refractivity contribution in [2.24, 2.45) is 12.5 Å². The summed E-state index contributed by atoms with van der Waals surface area (Å²) in [5.41, 5.74) is 5.18. The van der Waals surface area contributed by atoms with E-state index < -0.39 is 5.97 Å². The van der Waals surface area contributed by atoms with Gasteiger partial charge in [-0.3, -0.25) is 9.88 Å². The number of nitrogens with zero attached hydrogens (tertiary/aromatic N) is 6. The Morgan fingerprint density at radius 1 is 1.14 bits per heavy atom. The number of fused-ring (bicyclic) bond motifs is 1. The van der Waals surface area contributed by atoms with Crippen LogP contribution in [-0.2, 0) is 23.1 Å². The van der Waals surface area contributed by atoms with Crippen molar-refractivity contribution in [3.05, 3.63) is 54.2 Å². The first-order valence-corrected chi connectivity index (χ1v) is 12.1. The Morgan fingerprint density at radius 2 is 1.92 bits per heavy atom. The SMILES string of the molecule is CNc1nc(Nc2ccc(CN3CC4(COC4)C3)cc2)c(C(=O)OC)nc1-c1cncc2c1ncn2C. The van der Waals surface area contributed by atoms with E-state index >= 15 is 0 Å². The maximum Gasteiger partial charge on any atom is 0.360 e. The average Bonchev–Trinajstić information content (AvgIpc) is 3.26. The van der Waals surface area contributed by atoms with Gasteiger partial charge in [0.15, 0.2) is 17.3 Å². The zero-order valence-corrected chi connectivity index (χ0v) is 21.0. The smallest absolute Gasteiger partial charge is 0.360 e. The molecule has 4 aromatic rings. The van der Waals surface area contributed by atoms with Crippen LogP contribution in [0, 0.1) is 5.41 Å². The number of aryl methyl sites for hydroxylation is 1. The van der Waals surface area contributed by atoms with Crippen molar-refractivity contribution in [1.82, 2.24) is 29.4 Å². The van der Waals surface area contributed by atoms with Crippen LogP contribution in [0.15, 0.2) is 43.0 Å². The molecule has 6 rings (SSSR count). The minimum Gasteiger partial charge on any atom is -0.464 e. The van der Waals surface area contributed by atoms with Gasteiger partial charge in [0.2, 0.25) is 0 Å². The molecule has 0 atom stereocenters. The van der Waals surface area contributed by atoms with Gasteiger partial charge in [-0.15, -0.1) is 0 Å². The fourth-order valence-corrected chi connectivity index (χ4v) is 5.02.